The molecule has 102 valence electrons. The molecular weight excluding hydrogens is 232 g/mol. The molecule has 1 aromatic heterocycles. The molecule has 2 heteroatoms. The second kappa shape index (κ2) is 6.67. The second-order valence-corrected chi connectivity index (χ2v) is 5.27. The van der Waals surface area contributed by atoms with Crippen LogP contribution < -0.4 is 5.32 Å². The highest BCUT2D eigenvalue weighted by Crippen LogP contribution is 2.18. The summed E-state index contributed by atoms with van der Waals surface area (Å²) in [5.74, 6) is 0.753. The Morgan fingerprint density at radius 1 is 1.11 bits per heavy atom. The first-order valence-corrected chi connectivity index (χ1v) is 7.31. The van der Waals surface area contributed by atoms with Gasteiger partial charge in [-0.05, 0) is 23.8 Å². The fraction of sp³-hybridized carbons (Fsp3) is 0.471. The molecule has 2 rings (SSSR count). The van der Waals surface area contributed by atoms with E-state index in [2.05, 4.69) is 55.3 Å². The number of rotatable bonds is 6. The van der Waals surface area contributed by atoms with E-state index in [4.69, 9.17) is 0 Å². The summed E-state index contributed by atoms with van der Waals surface area (Å²) >= 11 is 0. The Morgan fingerprint density at radius 3 is 2.58 bits per heavy atom. The van der Waals surface area contributed by atoms with Crippen molar-refractivity contribution in [2.24, 2.45) is 5.92 Å². The molecule has 2 aromatic rings. The zero-order valence-electron chi connectivity index (χ0n) is 12.2. The number of hydrogen-bond donors (Lipinski definition) is 1. The van der Waals surface area contributed by atoms with Crippen LogP contribution in [-0.2, 0) is 6.54 Å². The van der Waals surface area contributed by atoms with E-state index in [1.165, 1.54) is 29.2 Å². The molecule has 0 aliphatic heterocycles. The number of fused-ring (bicyclic) bond motifs is 1. The van der Waals surface area contributed by atoms with Gasteiger partial charge in [0.1, 0.15) is 0 Å². The molecule has 1 heterocycles. The molecule has 0 spiro atoms. The smallest absolute Gasteiger partial charge is 0.0346 e. The lowest BCUT2D eigenvalue weighted by atomic mass is 9.95. The first kappa shape index (κ1) is 14.0. The third-order valence-corrected chi connectivity index (χ3v) is 4.12. The summed E-state index contributed by atoms with van der Waals surface area (Å²) in [6.45, 7) is 7.72. The Balaban J connectivity index is 2.09. The Morgan fingerprint density at radius 2 is 1.84 bits per heavy atom. The average Bonchev–Trinajstić information content (AvgIpc) is 2.46. The predicted molar refractivity (Wildman–Crippen MR) is 82.1 cm³/mol. The number of pyridine rings is 1. The van der Waals surface area contributed by atoms with E-state index in [0.29, 0.717) is 6.04 Å². The van der Waals surface area contributed by atoms with Crippen LogP contribution in [0.5, 0.6) is 0 Å². The third kappa shape index (κ3) is 3.32. The summed E-state index contributed by atoms with van der Waals surface area (Å²) in [6.07, 6.45) is 6.38. The van der Waals surface area contributed by atoms with E-state index in [0.717, 1.165) is 12.5 Å². The van der Waals surface area contributed by atoms with Crippen LogP contribution in [0.2, 0.25) is 0 Å². The first-order chi connectivity index (χ1) is 9.26. The first-order valence-electron chi connectivity index (χ1n) is 7.31. The number of hydrogen-bond acceptors (Lipinski definition) is 2. The van der Waals surface area contributed by atoms with Gasteiger partial charge in [0, 0.05) is 30.4 Å². The van der Waals surface area contributed by atoms with Gasteiger partial charge in [-0.3, -0.25) is 4.98 Å². The fourth-order valence-electron chi connectivity index (χ4n) is 2.75. The largest absolute Gasteiger partial charge is 0.310 e. The molecule has 0 saturated heterocycles. The molecule has 2 nitrogen and oxygen atoms in total. The van der Waals surface area contributed by atoms with Gasteiger partial charge in [0.05, 0.1) is 0 Å². The summed E-state index contributed by atoms with van der Waals surface area (Å²) in [6, 6.07) is 9.00. The molecule has 1 aromatic carbocycles. The van der Waals surface area contributed by atoms with Crippen LogP contribution in [0.15, 0.2) is 36.7 Å². The molecule has 0 fully saturated rings. The summed E-state index contributed by atoms with van der Waals surface area (Å²) in [4.78, 5) is 4.34. The topological polar surface area (TPSA) is 24.9 Å². The summed E-state index contributed by atoms with van der Waals surface area (Å²) < 4.78 is 0. The van der Waals surface area contributed by atoms with Crippen molar-refractivity contribution < 1.29 is 0 Å². The normalized spacial score (nSPS) is 13.1. The minimum absolute atomic E-state index is 0.550. The Labute approximate surface area is 116 Å². The van der Waals surface area contributed by atoms with Gasteiger partial charge in [-0.15, -0.1) is 0 Å². The quantitative estimate of drug-likeness (QED) is 0.840. The van der Waals surface area contributed by atoms with Crippen molar-refractivity contribution >= 4 is 10.8 Å². The third-order valence-electron chi connectivity index (χ3n) is 4.12. The Bertz CT molecular complexity index is 512. The van der Waals surface area contributed by atoms with E-state index in [-0.39, 0.29) is 0 Å². The van der Waals surface area contributed by atoms with E-state index < -0.39 is 0 Å². The minimum atomic E-state index is 0.550. The lowest BCUT2D eigenvalue weighted by Gasteiger charge is -2.22. The van der Waals surface area contributed by atoms with Crippen molar-refractivity contribution in [3.63, 3.8) is 0 Å². The van der Waals surface area contributed by atoms with Crippen molar-refractivity contribution in [2.45, 2.75) is 46.2 Å². The molecule has 0 bridgehead atoms. The highest BCUT2D eigenvalue weighted by atomic mass is 14.9. The maximum Gasteiger partial charge on any atom is 0.0346 e. The number of nitrogens with zero attached hydrogens (tertiary/aromatic N) is 1. The maximum atomic E-state index is 4.34. The van der Waals surface area contributed by atoms with E-state index in [9.17, 15) is 0 Å². The van der Waals surface area contributed by atoms with Crippen LogP contribution in [-0.4, -0.2) is 11.0 Å². The molecule has 19 heavy (non-hydrogen) atoms. The lowest BCUT2D eigenvalue weighted by molar-refractivity contribution is 0.353. The minimum Gasteiger partial charge on any atom is -0.310 e. The van der Waals surface area contributed by atoms with Crippen molar-refractivity contribution in [1.29, 1.82) is 0 Å². The lowest BCUT2D eigenvalue weighted by Crippen LogP contribution is -2.32. The fourth-order valence-corrected chi connectivity index (χ4v) is 2.75. The van der Waals surface area contributed by atoms with E-state index in [1.54, 1.807) is 0 Å². The molecule has 0 radical (unpaired) electrons. The molecule has 1 unspecified atom stereocenters. The number of nitrogens with one attached hydrogen (secondary N) is 1. The standard InChI is InChI=1S/C17H24N2/c1-4-14(5-2)13(3)19-12-16-11-18-10-15-8-6-7-9-17(15)16/h6-11,13-14,19H,4-5,12H2,1-3H3. The molecule has 1 atom stereocenters. The van der Waals surface area contributed by atoms with Gasteiger partial charge in [-0.1, -0.05) is 51.0 Å². The summed E-state index contributed by atoms with van der Waals surface area (Å²) in [7, 11) is 0. The zero-order valence-corrected chi connectivity index (χ0v) is 12.2. The van der Waals surface area contributed by atoms with E-state index >= 15 is 0 Å². The van der Waals surface area contributed by atoms with Crippen molar-refractivity contribution in [3.8, 4) is 0 Å². The summed E-state index contributed by atoms with van der Waals surface area (Å²) in [5, 5.41) is 6.18. The predicted octanol–water partition coefficient (Wildman–Crippen LogP) is 4.15. The Kier molecular flexibility index (Phi) is 4.92. The van der Waals surface area contributed by atoms with Gasteiger partial charge in [-0.2, -0.15) is 0 Å². The van der Waals surface area contributed by atoms with Crippen LogP contribution >= 0.6 is 0 Å². The van der Waals surface area contributed by atoms with Gasteiger partial charge in [-0.25, -0.2) is 0 Å². The van der Waals surface area contributed by atoms with Gasteiger partial charge in [0.25, 0.3) is 0 Å². The van der Waals surface area contributed by atoms with Crippen molar-refractivity contribution in [2.75, 3.05) is 0 Å². The zero-order chi connectivity index (χ0) is 13.7. The van der Waals surface area contributed by atoms with Crippen LogP contribution in [0.1, 0.15) is 39.2 Å². The van der Waals surface area contributed by atoms with E-state index in [1.807, 2.05) is 12.4 Å². The molecule has 0 aliphatic carbocycles. The summed E-state index contributed by atoms with van der Waals surface area (Å²) in [5.41, 5.74) is 1.29. The van der Waals surface area contributed by atoms with Crippen LogP contribution in [0.3, 0.4) is 0 Å². The van der Waals surface area contributed by atoms with Crippen LogP contribution in [0, 0.1) is 5.92 Å². The molecule has 1 N–H and O–H groups in total. The van der Waals surface area contributed by atoms with Gasteiger partial charge < -0.3 is 5.32 Å². The van der Waals surface area contributed by atoms with Gasteiger partial charge in [0.15, 0.2) is 0 Å². The van der Waals surface area contributed by atoms with Gasteiger partial charge >= 0.3 is 0 Å². The number of benzene rings is 1. The van der Waals surface area contributed by atoms with Crippen LogP contribution in [0.25, 0.3) is 10.8 Å². The highest BCUT2D eigenvalue weighted by Gasteiger charge is 2.13. The average molecular weight is 256 g/mol. The van der Waals surface area contributed by atoms with Gasteiger partial charge in [0.2, 0.25) is 0 Å². The molecular formula is C17H24N2. The van der Waals surface area contributed by atoms with Crippen molar-refractivity contribution in [1.82, 2.24) is 10.3 Å². The highest BCUT2D eigenvalue weighted by molar-refractivity contribution is 5.84. The SMILES string of the molecule is CCC(CC)C(C)NCc1cncc2ccccc12. The maximum absolute atomic E-state index is 4.34. The molecule has 0 aliphatic rings. The Hall–Kier alpha value is -1.41. The monoisotopic (exact) mass is 256 g/mol. The molecule has 0 saturated carbocycles. The van der Waals surface area contributed by atoms with Crippen LogP contribution in [0.4, 0.5) is 0 Å². The second-order valence-electron chi connectivity index (χ2n) is 5.27. The molecule has 0 amide bonds. The number of aromatic nitrogens is 1. The van der Waals surface area contributed by atoms with Crippen molar-refractivity contribution in [3.05, 3.63) is 42.2 Å².